The summed E-state index contributed by atoms with van der Waals surface area (Å²) in [6.07, 6.45) is 6.81. The number of halogens is 6. The highest BCUT2D eigenvalue weighted by molar-refractivity contribution is 7.13. The first-order valence-electron chi connectivity index (χ1n) is 11.4. The van der Waals surface area contributed by atoms with Crippen LogP contribution in [0.25, 0.3) is 16.7 Å². The fraction of sp³-hybridized carbons (Fsp3) is 0.440. The van der Waals surface area contributed by atoms with E-state index in [1.54, 1.807) is 12.3 Å². The zero-order valence-electron chi connectivity index (χ0n) is 19.1. The van der Waals surface area contributed by atoms with Crippen molar-refractivity contribution in [3.8, 4) is 0 Å². The van der Waals surface area contributed by atoms with Crippen LogP contribution in [0.4, 0.5) is 26.3 Å². The average molecular weight is 531 g/mol. The Morgan fingerprint density at radius 3 is 2.06 bits per heavy atom. The molecule has 1 saturated heterocycles. The summed E-state index contributed by atoms with van der Waals surface area (Å²) in [7, 11) is 0. The summed E-state index contributed by atoms with van der Waals surface area (Å²) in [6.45, 7) is 5.08. The van der Waals surface area contributed by atoms with Crippen LogP contribution >= 0.6 is 22.7 Å². The Morgan fingerprint density at radius 2 is 1.46 bits per heavy atom. The summed E-state index contributed by atoms with van der Waals surface area (Å²) in [5.41, 5.74) is -2.23. The van der Waals surface area contributed by atoms with Crippen LogP contribution in [0, 0.1) is 13.8 Å². The van der Waals surface area contributed by atoms with Gasteiger partial charge in [-0.15, -0.1) is 22.7 Å². The van der Waals surface area contributed by atoms with E-state index in [1.165, 1.54) is 37.3 Å². The molecule has 3 aliphatic rings. The molecule has 1 fully saturated rings. The summed E-state index contributed by atoms with van der Waals surface area (Å²) in [5, 5.41) is 6.20. The quantitative estimate of drug-likeness (QED) is 0.408. The maximum atomic E-state index is 15.3. The summed E-state index contributed by atoms with van der Waals surface area (Å²) in [4.78, 5) is 1.97. The van der Waals surface area contributed by atoms with Crippen molar-refractivity contribution in [3.05, 3.63) is 61.1 Å². The lowest BCUT2D eigenvalue weighted by Gasteiger charge is -2.25. The van der Waals surface area contributed by atoms with Crippen LogP contribution in [0.15, 0.2) is 30.5 Å². The number of thiophene rings is 2. The molecule has 0 amide bonds. The van der Waals surface area contributed by atoms with Crippen molar-refractivity contribution in [2.45, 2.75) is 50.4 Å². The minimum Gasteiger partial charge on any atom is -0.387 e. The molecule has 5 rings (SSSR count). The Hall–Kier alpha value is -2.04. The lowest BCUT2D eigenvalue weighted by Crippen LogP contribution is -2.48. The molecule has 2 nitrogen and oxygen atoms in total. The van der Waals surface area contributed by atoms with Crippen molar-refractivity contribution >= 4 is 39.4 Å². The van der Waals surface area contributed by atoms with Crippen LogP contribution in [-0.4, -0.2) is 37.4 Å². The molecular weight excluding hydrogens is 506 g/mol. The second kappa shape index (κ2) is 8.52. The predicted octanol–water partition coefficient (Wildman–Crippen LogP) is 7.22. The monoisotopic (exact) mass is 530 g/mol. The lowest BCUT2D eigenvalue weighted by molar-refractivity contribution is -0.254. The van der Waals surface area contributed by atoms with Crippen molar-refractivity contribution in [3.63, 3.8) is 0 Å². The summed E-state index contributed by atoms with van der Waals surface area (Å²) >= 11 is 2.36. The first-order chi connectivity index (χ1) is 16.5. The van der Waals surface area contributed by atoms with Gasteiger partial charge in [0, 0.05) is 37.2 Å². The summed E-state index contributed by atoms with van der Waals surface area (Å²) in [6, 6.07) is 2.79. The van der Waals surface area contributed by atoms with Gasteiger partial charge in [0.2, 0.25) is 0 Å². The number of hydrogen-bond donors (Lipinski definition) is 2. The van der Waals surface area contributed by atoms with E-state index in [0.717, 1.165) is 47.7 Å². The molecule has 2 aromatic heterocycles. The Morgan fingerprint density at radius 1 is 0.857 bits per heavy atom. The first kappa shape index (κ1) is 24.6. The molecule has 10 heteroatoms. The zero-order chi connectivity index (χ0) is 25.2. The Bertz CT molecular complexity index is 1240. The van der Waals surface area contributed by atoms with Crippen molar-refractivity contribution in [2.24, 2.45) is 0 Å². The molecule has 2 aromatic rings. The van der Waals surface area contributed by atoms with E-state index in [4.69, 9.17) is 0 Å². The van der Waals surface area contributed by atoms with Crippen LogP contribution < -0.4 is 10.6 Å². The van der Waals surface area contributed by atoms with E-state index < -0.39 is 28.9 Å². The van der Waals surface area contributed by atoms with Crippen LogP contribution in [-0.2, 0) is 0 Å². The number of dihydropyridines is 1. The minimum absolute atomic E-state index is 0.0851. The molecule has 2 aliphatic heterocycles. The fourth-order valence-electron chi connectivity index (χ4n) is 5.00. The molecule has 0 aromatic carbocycles. The van der Waals surface area contributed by atoms with Gasteiger partial charge in [0.05, 0.1) is 0 Å². The minimum atomic E-state index is -5.55. The predicted molar refractivity (Wildman–Crippen MR) is 130 cm³/mol. The third-order valence-corrected chi connectivity index (χ3v) is 9.22. The Labute approximate surface area is 207 Å². The van der Waals surface area contributed by atoms with Crippen molar-refractivity contribution in [2.75, 3.05) is 19.6 Å². The van der Waals surface area contributed by atoms with Crippen LogP contribution in [0.3, 0.4) is 0 Å². The largest absolute Gasteiger partial charge is 0.387 e. The number of piperidine rings is 1. The van der Waals surface area contributed by atoms with Crippen molar-refractivity contribution in [1.82, 2.24) is 10.6 Å². The second-order valence-corrected chi connectivity index (χ2v) is 11.6. The van der Waals surface area contributed by atoms with E-state index in [2.05, 4.69) is 10.6 Å². The van der Waals surface area contributed by atoms with Gasteiger partial charge >= 0.3 is 17.8 Å². The second-order valence-electron chi connectivity index (χ2n) is 9.10. The molecule has 0 spiro atoms. The van der Waals surface area contributed by atoms with Crippen LogP contribution in [0.1, 0.15) is 49.4 Å². The van der Waals surface area contributed by atoms with E-state index >= 15 is 17.6 Å². The summed E-state index contributed by atoms with van der Waals surface area (Å²) < 4.78 is 90.8. The molecule has 188 valence electrons. The van der Waals surface area contributed by atoms with Gasteiger partial charge in [0.1, 0.15) is 0 Å². The number of rotatable bonds is 4. The van der Waals surface area contributed by atoms with Gasteiger partial charge in [0.25, 0.3) is 0 Å². The Kier molecular flexibility index (Phi) is 6.00. The fourth-order valence-corrected chi connectivity index (χ4v) is 7.25. The molecule has 0 unspecified atom stereocenters. The van der Waals surface area contributed by atoms with Gasteiger partial charge in [0.15, 0.2) is 0 Å². The van der Waals surface area contributed by atoms with E-state index in [1.807, 2.05) is 6.08 Å². The first-order valence-corrected chi connectivity index (χ1v) is 13.0. The normalized spacial score (nSPS) is 23.5. The molecule has 35 heavy (non-hydrogen) atoms. The molecule has 4 heterocycles. The molecule has 2 N–H and O–H groups in total. The van der Waals surface area contributed by atoms with E-state index in [9.17, 15) is 8.78 Å². The number of nitrogens with one attached hydrogen (secondary N) is 2. The number of hydrogen-bond acceptors (Lipinski definition) is 4. The molecule has 0 atom stereocenters. The van der Waals surface area contributed by atoms with Gasteiger partial charge < -0.3 is 10.6 Å². The third kappa shape index (κ3) is 3.71. The lowest BCUT2D eigenvalue weighted by atomic mass is 9.92. The van der Waals surface area contributed by atoms with Gasteiger partial charge in [-0.2, -0.15) is 26.3 Å². The van der Waals surface area contributed by atoms with E-state index in [0.29, 0.717) is 21.2 Å². The SMILES string of the molecule is Cc1sc(C2=CCNC=C2)cc1C1=C(c2cc(C3CCNCC3)sc2C)C(F)(F)C(F)(F)C1(F)F. The molecule has 1 aliphatic carbocycles. The maximum Gasteiger partial charge on any atom is 0.380 e. The Balaban J connectivity index is 1.72. The molecule has 0 radical (unpaired) electrons. The number of aryl methyl sites for hydroxylation is 2. The van der Waals surface area contributed by atoms with Crippen LogP contribution in [0.5, 0.6) is 0 Å². The van der Waals surface area contributed by atoms with E-state index in [-0.39, 0.29) is 17.0 Å². The van der Waals surface area contributed by atoms with Crippen molar-refractivity contribution in [1.29, 1.82) is 0 Å². The highest BCUT2D eigenvalue weighted by Gasteiger charge is 2.80. The van der Waals surface area contributed by atoms with Crippen LogP contribution in [0.2, 0.25) is 0 Å². The molecule has 0 saturated carbocycles. The van der Waals surface area contributed by atoms with Gasteiger partial charge in [-0.1, -0.05) is 6.08 Å². The zero-order valence-corrected chi connectivity index (χ0v) is 20.7. The van der Waals surface area contributed by atoms with Gasteiger partial charge in [-0.25, -0.2) is 0 Å². The number of allylic oxidation sites excluding steroid dienone is 4. The molecular formula is C25H24F6N2S2. The topological polar surface area (TPSA) is 24.1 Å². The average Bonchev–Trinajstić information content (AvgIpc) is 3.42. The number of alkyl halides is 6. The van der Waals surface area contributed by atoms with Crippen molar-refractivity contribution < 1.29 is 26.3 Å². The smallest absolute Gasteiger partial charge is 0.380 e. The highest BCUT2D eigenvalue weighted by atomic mass is 32.1. The van der Waals surface area contributed by atoms with Gasteiger partial charge in [-0.3, -0.25) is 0 Å². The maximum absolute atomic E-state index is 15.3. The standard InChI is InChI=1S/C25H24F6N2S2/c1-13-17(11-19(34-13)15-3-7-32-8-4-15)21-22(24(28,29)25(30,31)23(21,26)27)18-12-20(35-14(18)2)16-5-9-33-10-6-16/h3-4,7,11-12,16,32-33H,5-6,8-10H2,1-2H3. The summed E-state index contributed by atoms with van der Waals surface area (Å²) in [5.74, 6) is -15.5. The third-order valence-electron chi connectivity index (χ3n) is 6.91. The molecule has 0 bridgehead atoms. The highest BCUT2D eigenvalue weighted by Crippen LogP contribution is 2.66. The van der Waals surface area contributed by atoms with Gasteiger partial charge in [-0.05, 0) is 86.8 Å².